The first-order valence-corrected chi connectivity index (χ1v) is 10.8. The molecule has 3 aromatic heterocycles. The third kappa shape index (κ3) is 3.42. The van der Waals surface area contributed by atoms with Crippen LogP contribution in [-0.4, -0.2) is 25.1 Å². The van der Waals surface area contributed by atoms with Crippen molar-refractivity contribution in [1.82, 2.24) is 24.5 Å². The van der Waals surface area contributed by atoms with Gasteiger partial charge in [0.15, 0.2) is 5.65 Å². The number of carbonyl (C=O) groups excluding carboxylic acids is 1. The van der Waals surface area contributed by atoms with E-state index < -0.39 is 6.04 Å². The molecular weight excluding hydrogens is 426 g/mol. The van der Waals surface area contributed by atoms with Crippen LogP contribution in [-0.2, 0) is 0 Å². The first kappa shape index (κ1) is 21.2. The molecule has 5 rings (SSSR count). The molecule has 1 N–H and O–H groups in total. The number of aromatic nitrogens is 4. The van der Waals surface area contributed by atoms with E-state index in [0.717, 1.165) is 5.39 Å². The monoisotopic (exact) mass is 447 g/mol. The van der Waals surface area contributed by atoms with Gasteiger partial charge in [0.2, 0.25) is 0 Å². The van der Waals surface area contributed by atoms with E-state index >= 15 is 0 Å². The number of pyridine rings is 1. The highest BCUT2D eigenvalue weighted by Gasteiger charge is 2.23. The number of nitrogens with zero attached hydrogens (tertiary/aromatic N) is 4. The van der Waals surface area contributed by atoms with Gasteiger partial charge in [-0.25, -0.2) is 9.50 Å². The van der Waals surface area contributed by atoms with E-state index in [2.05, 4.69) is 21.3 Å². The average molecular weight is 447 g/mol. The van der Waals surface area contributed by atoms with Crippen LogP contribution in [0, 0.1) is 19.3 Å². The summed E-state index contributed by atoms with van der Waals surface area (Å²) in [7, 11) is 0. The van der Waals surface area contributed by atoms with Gasteiger partial charge in [0.25, 0.3) is 11.5 Å². The summed E-state index contributed by atoms with van der Waals surface area (Å²) in [4.78, 5) is 31.3. The summed E-state index contributed by atoms with van der Waals surface area (Å²) >= 11 is 0. The molecule has 0 aliphatic heterocycles. The third-order valence-electron chi connectivity index (χ3n) is 5.83. The Morgan fingerprint density at radius 2 is 1.91 bits per heavy atom. The molecule has 1 atom stereocenters. The van der Waals surface area contributed by atoms with Crippen molar-refractivity contribution in [1.29, 1.82) is 0 Å². The van der Waals surface area contributed by atoms with Crippen molar-refractivity contribution in [2.45, 2.75) is 19.9 Å². The predicted molar refractivity (Wildman–Crippen MR) is 131 cm³/mol. The minimum atomic E-state index is -0.502. The van der Waals surface area contributed by atoms with E-state index in [1.807, 2.05) is 55.5 Å². The largest absolute Gasteiger partial charge is 0.344 e. The van der Waals surface area contributed by atoms with Gasteiger partial charge in [-0.1, -0.05) is 36.3 Å². The Morgan fingerprint density at radius 1 is 1.12 bits per heavy atom. The Hall–Kier alpha value is -4.70. The van der Waals surface area contributed by atoms with Crippen LogP contribution < -0.4 is 10.9 Å². The molecule has 34 heavy (non-hydrogen) atoms. The predicted octanol–water partition coefficient (Wildman–Crippen LogP) is 3.81. The van der Waals surface area contributed by atoms with Crippen LogP contribution in [0.25, 0.3) is 22.1 Å². The molecular formula is C27H21N5O2. The second-order valence-corrected chi connectivity index (χ2v) is 8.00. The van der Waals surface area contributed by atoms with E-state index in [1.54, 1.807) is 40.5 Å². The fraction of sp³-hybridized carbons (Fsp3) is 0.111. The van der Waals surface area contributed by atoms with E-state index in [1.165, 1.54) is 0 Å². The minimum Gasteiger partial charge on any atom is -0.344 e. The second kappa shape index (κ2) is 8.34. The van der Waals surface area contributed by atoms with E-state index in [0.29, 0.717) is 39.2 Å². The lowest BCUT2D eigenvalue weighted by atomic mass is 10.0. The lowest BCUT2D eigenvalue weighted by molar-refractivity contribution is 0.0939. The van der Waals surface area contributed by atoms with Gasteiger partial charge in [-0.15, -0.1) is 6.42 Å². The highest BCUT2D eigenvalue weighted by atomic mass is 16.2. The van der Waals surface area contributed by atoms with Crippen molar-refractivity contribution >= 4 is 22.3 Å². The Kier molecular flexibility index (Phi) is 5.19. The summed E-state index contributed by atoms with van der Waals surface area (Å²) in [6, 6.07) is 17.9. The maximum absolute atomic E-state index is 13.7. The number of terminal acetylenes is 1. The second-order valence-electron chi connectivity index (χ2n) is 8.00. The highest BCUT2D eigenvalue weighted by molar-refractivity contribution is 6.01. The summed E-state index contributed by atoms with van der Waals surface area (Å²) in [5.41, 5.74) is 3.06. The fourth-order valence-electron chi connectivity index (χ4n) is 4.27. The minimum absolute atomic E-state index is 0.234. The number of aryl methyl sites for hydroxylation is 1. The van der Waals surface area contributed by atoms with Crippen LogP contribution in [0.4, 0.5) is 0 Å². The summed E-state index contributed by atoms with van der Waals surface area (Å²) in [6.07, 6.45) is 9.05. The van der Waals surface area contributed by atoms with Gasteiger partial charge in [-0.3, -0.25) is 14.2 Å². The van der Waals surface area contributed by atoms with Gasteiger partial charge in [-0.2, -0.15) is 5.10 Å². The molecule has 3 heterocycles. The molecule has 2 aromatic carbocycles. The Bertz CT molecular complexity index is 1660. The van der Waals surface area contributed by atoms with Crippen molar-refractivity contribution in [2.24, 2.45) is 0 Å². The summed E-state index contributed by atoms with van der Waals surface area (Å²) in [6.45, 7) is 3.61. The highest BCUT2D eigenvalue weighted by Crippen LogP contribution is 2.24. The molecule has 0 saturated heterocycles. The van der Waals surface area contributed by atoms with Crippen molar-refractivity contribution < 1.29 is 4.79 Å². The molecule has 7 heteroatoms. The molecule has 0 spiro atoms. The lowest BCUT2D eigenvalue weighted by Gasteiger charge is -2.21. The molecule has 0 unspecified atom stereocenters. The normalized spacial score (nSPS) is 11.9. The molecule has 166 valence electrons. The van der Waals surface area contributed by atoms with Gasteiger partial charge >= 0.3 is 0 Å². The van der Waals surface area contributed by atoms with Crippen LogP contribution in [0.1, 0.15) is 40.3 Å². The van der Waals surface area contributed by atoms with Gasteiger partial charge in [0.05, 0.1) is 17.1 Å². The fourth-order valence-corrected chi connectivity index (χ4v) is 4.27. The molecule has 0 aliphatic carbocycles. The smallest absolute Gasteiger partial charge is 0.264 e. The van der Waals surface area contributed by atoms with Crippen molar-refractivity contribution in [2.75, 3.05) is 0 Å². The van der Waals surface area contributed by atoms with E-state index in [-0.39, 0.29) is 11.5 Å². The third-order valence-corrected chi connectivity index (χ3v) is 5.83. The number of amides is 1. The Balaban J connectivity index is 1.65. The number of carbonyl (C=O) groups is 1. The standard InChI is InChI=1S/C27H21N5O2/c1-4-19-10-8-11-20-16-22(32(27(34)24(19)20)21-12-6-5-7-13-21)17(2)29-26(33)23-18(3)30-31-15-9-14-28-25(23)31/h1,5-17H,2-3H3,(H,29,33)/t17-/m1/s1. The summed E-state index contributed by atoms with van der Waals surface area (Å²) in [5.74, 6) is 2.30. The van der Waals surface area contributed by atoms with E-state index in [9.17, 15) is 9.59 Å². The van der Waals surface area contributed by atoms with Crippen LogP contribution in [0.2, 0.25) is 0 Å². The molecule has 0 aliphatic rings. The summed E-state index contributed by atoms with van der Waals surface area (Å²) < 4.78 is 3.18. The number of fused-ring (bicyclic) bond motifs is 2. The number of hydrogen-bond acceptors (Lipinski definition) is 4. The quantitative estimate of drug-likeness (QED) is 0.425. The number of para-hydroxylation sites is 1. The average Bonchev–Trinajstić information content (AvgIpc) is 3.19. The molecule has 5 aromatic rings. The molecule has 0 fully saturated rings. The molecule has 0 radical (unpaired) electrons. The van der Waals surface area contributed by atoms with E-state index in [4.69, 9.17) is 6.42 Å². The number of rotatable bonds is 4. The van der Waals surface area contributed by atoms with Gasteiger partial charge in [0.1, 0.15) is 5.56 Å². The number of hydrogen-bond donors (Lipinski definition) is 1. The van der Waals surface area contributed by atoms with Crippen molar-refractivity contribution in [3.05, 3.63) is 106 Å². The Morgan fingerprint density at radius 3 is 2.68 bits per heavy atom. The maximum atomic E-state index is 13.7. The van der Waals surface area contributed by atoms with Gasteiger partial charge in [0, 0.05) is 29.3 Å². The van der Waals surface area contributed by atoms with Crippen molar-refractivity contribution in [3.8, 4) is 18.0 Å². The zero-order valence-corrected chi connectivity index (χ0v) is 18.7. The van der Waals surface area contributed by atoms with Crippen LogP contribution in [0.15, 0.2) is 77.9 Å². The first-order valence-electron chi connectivity index (χ1n) is 10.8. The van der Waals surface area contributed by atoms with Gasteiger partial charge < -0.3 is 5.32 Å². The van der Waals surface area contributed by atoms with Crippen LogP contribution >= 0.6 is 0 Å². The van der Waals surface area contributed by atoms with Crippen LogP contribution in [0.3, 0.4) is 0 Å². The lowest BCUT2D eigenvalue weighted by Crippen LogP contribution is -2.32. The number of nitrogens with one attached hydrogen (secondary N) is 1. The first-order chi connectivity index (χ1) is 16.5. The topological polar surface area (TPSA) is 81.3 Å². The maximum Gasteiger partial charge on any atom is 0.264 e. The molecule has 1 amide bonds. The summed E-state index contributed by atoms with van der Waals surface area (Å²) in [5, 5.41) is 8.59. The zero-order valence-electron chi connectivity index (χ0n) is 18.7. The molecule has 0 saturated carbocycles. The SMILES string of the molecule is C#Cc1cccc2cc([C@@H](C)NC(=O)c3c(C)nn4cccnc34)n(-c3ccccc3)c(=O)c12. The Labute approximate surface area is 195 Å². The van der Waals surface area contributed by atoms with Gasteiger partial charge in [-0.05, 0) is 49.6 Å². The number of benzene rings is 2. The molecule has 0 bridgehead atoms. The zero-order chi connectivity index (χ0) is 23.8. The van der Waals surface area contributed by atoms with Crippen molar-refractivity contribution in [3.63, 3.8) is 0 Å². The van der Waals surface area contributed by atoms with Crippen LogP contribution in [0.5, 0.6) is 0 Å². The molecule has 7 nitrogen and oxygen atoms in total.